The quantitative estimate of drug-likeness (QED) is 0.162. The van der Waals surface area contributed by atoms with Crippen molar-refractivity contribution in [2.45, 2.75) is 132 Å². The summed E-state index contributed by atoms with van der Waals surface area (Å²) in [6, 6.07) is 14.3. The topological polar surface area (TPSA) is 211 Å². The third-order valence-electron chi connectivity index (χ3n) is 13.7. The number of allylic oxidation sites excluding steroid dienone is 1. The number of fused-ring (bicyclic) bond motifs is 5. The lowest BCUT2D eigenvalue weighted by atomic mass is 10.0. The van der Waals surface area contributed by atoms with Crippen molar-refractivity contribution in [1.82, 2.24) is 39.8 Å². The predicted molar refractivity (Wildman–Crippen MR) is 245 cm³/mol. The number of sulfonamides is 1. The lowest BCUT2D eigenvalue weighted by molar-refractivity contribution is -0.141. The summed E-state index contributed by atoms with van der Waals surface area (Å²) in [6.07, 6.45) is 9.77. The second-order valence-corrected chi connectivity index (χ2v) is 20.3. The molecule has 0 bridgehead atoms. The van der Waals surface area contributed by atoms with Gasteiger partial charge in [0, 0.05) is 48.0 Å². The van der Waals surface area contributed by atoms with Crippen LogP contribution in [-0.4, -0.2) is 117 Å². The first kappa shape index (κ1) is 45.1. The standard InChI is InChI=1S/C48H58N8O9S/c1-3-54(4-2)44(58)31-22-20-30(21-23-31)39-27-41(56-42(49-39)36-17-12-13-18-37(36)52-56)64-34-26-40-43(57)51-48(46(60)53-66(62,63)35-24-25-35)28-32(48)14-8-6-5-7-9-19-38(45(59)55(40)29-34)50-47(61)65-33-15-10-11-16-33/h8,12-14,17-18,20-23,27,32-35,38,40H,3-7,9-11,15-16,19,24-26,28-29H2,1-2H3,(H,50,61)(H,51,57)(H,53,60)/b14-8-/t32-,34-,38-,40+,48-/m1/s1. The van der Waals surface area contributed by atoms with Gasteiger partial charge in [-0.3, -0.25) is 23.9 Å². The molecule has 18 heteroatoms. The number of alkyl carbamates (subject to hydrolysis) is 1. The Balaban J connectivity index is 1.05. The maximum atomic E-state index is 14.9. The van der Waals surface area contributed by atoms with Gasteiger partial charge in [-0.25, -0.2) is 18.2 Å². The number of aromatic nitrogens is 3. The zero-order valence-electron chi connectivity index (χ0n) is 37.4. The minimum absolute atomic E-state index is 0.00248. The average Bonchev–Trinajstić information content (AvgIpc) is 4.12. The van der Waals surface area contributed by atoms with Crippen LogP contribution >= 0.6 is 0 Å². The van der Waals surface area contributed by atoms with E-state index in [0.29, 0.717) is 73.5 Å². The van der Waals surface area contributed by atoms with E-state index < -0.39 is 68.7 Å². The molecular weight excluding hydrogens is 865 g/mol. The zero-order valence-corrected chi connectivity index (χ0v) is 38.3. The van der Waals surface area contributed by atoms with Crippen molar-refractivity contribution in [3.05, 3.63) is 72.3 Å². The van der Waals surface area contributed by atoms with Gasteiger partial charge in [0.2, 0.25) is 27.7 Å². The first-order chi connectivity index (χ1) is 31.9. The number of hydrogen-bond acceptors (Lipinski definition) is 11. The highest BCUT2D eigenvalue weighted by Crippen LogP contribution is 2.46. The highest BCUT2D eigenvalue weighted by molar-refractivity contribution is 7.91. The van der Waals surface area contributed by atoms with Crippen molar-refractivity contribution in [1.29, 1.82) is 0 Å². The van der Waals surface area contributed by atoms with Crippen LogP contribution in [-0.2, 0) is 29.1 Å². The first-order valence-corrected chi connectivity index (χ1v) is 25.1. The molecule has 66 heavy (non-hydrogen) atoms. The summed E-state index contributed by atoms with van der Waals surface area (Å²) >= 11 is 0. The first-order valence-electron chi connectivity index (χ1n) is 23.5. The van der Waals surface area contributed by atoms with Crippen LogP contribution in [0.2, 0.25) is 0 Å². The summed E-state index contributed by atoms with van der Waals surface area (Å²) in [5, 5.41) is 10.7. The Labute approximate surface area is 384 Å². The third kappa shape index (κ3) is 9.33. The van der Waals surface area contributed by atoms with Crippen molar-refractivity contribution < 1.29 is 41.9 Å². The molecule has 2 aliphatic heterocycles. The van der Waals surface area contributed by atoms with Gasteiger partial charge in [-0.05, 0) is 102 Å². The van der Waals surface area contributed by atoms with E-state index >= 15 is 0 Å². The van der Waals surface area contributed by atoms with Gasteiger partial charge in [-0.1, -0.05) is 49.3 Å². The molecule has 5 atom stereocenters. The zero-order chi connectivity index (χ0) is 46.2. The number of ether oxygens (including phenoxy) is 2. The van der Waals surface area contributed by atoms with E-state index in [4.69, 9.17) is 19.6 Å². The van der Waals surface area contributed by atoms with Gasteiger partial charge < -0.3 is 29.9 Å². The van der Waals surface area contributed by atoms with E-state index in [1.54, 1.807) is 27.6 Å². The normalized spacial score (nSPS) is 25.5. The summed E-state index contributed by atoms with van der Waals surface area (Å²) in [6.45, 7) is 4.98. The van der Waals surface area contributed by atoms with Crippen LogP contribution < -0.4 is 20.1 Å². The number of hydrogen-bond donors (Lipinski definition) is 3. The lowest BCUT2D eigenvalue weighted by Gasteiger charge is -2.30. The molecule has 2 aromatic carbocycles. The molecule has 2 aromatic heterocycles. The number of carbonyl (C=O) groups is 5. The molecule has 5 amide bonds. The molecule has 9 rings (SSSR count). The Morgan fingerprint density at radius 3 is 2.41 bits per heavy atom. The van der Waals surface area contributed by atoms with Crippen LogP contribution in [0.4, 0.5) is 4.79 Å². The highest BCUT2D eigenvalue weighted by atomic mass is 32.2. The lowest BCUT2D eigenvalue weighted by Crippen LogP contribution is -2.58. The molecule has 0 radical (unpaired) electrons. The van der Waals surface area contributed by atoms with E-state index in [0.717, 1.165) is 49.5 Å². The number of rotatable bonds is 11. The fraction of sp³-hybridized carbons (Fsp3) is 0.521. The molecule has 4 heterocycles. The molecule has 0 spiro atoms. The maximum absolute atomic E-state index is 14.9. The van der Waals surface area contributed by atoms with Gasteiger partial charge in [-0.15, -0.1) is 0 Å². The monoisotopic (exact) mass is 922 g/mol. The molecule has 350 valence electrons. The number of carbonyl (C=O) groups excluding carboxylic acids is 5. The molecule has 3 saturated carbocycles. The molecule has 3 N–H and O–H groups in total. The molecule has 1 saturated heterocycles. The smallest absolute Gasteiger partial charge is 0.408 e. The average molecular weight is 923 g/mol. The highest BCUT2D eigenvalue weighted by Gasteiger charge is 2.62. The minimum atomic E-state index is -3.93. The van der Waals surface area contributed by atoms with Gasteiger partial charge in [0.1, 0.15) is 29.8 Å². The number of amides is 5. The third-order valence-corrected chi connectivity index (χ3v) is 15.5. The van der Waals surface area contributed by atoms with E-state index in [1.807, 2.05) is 62.4 Å². The molecule has 0 unspecified atom stereocenters. The van der Waals surface area contributed by atoms with Gasteiger partial charge in [0.25, 0.3) is 11.8 Å². The van der Waals surface area contributed by atoms with Crippen LogP contribution in [0.15, 0.2) is 66.7 Å². The Bertz CT molecular complexity index is 2660. The maximum Gasteiger partial charge on any atom is 0.408 e. The number of benzene rings is 2. The van der Waals surface area contributed by atoms with Crippen molar-refractivity contribution >= 4 is 56.3 Å². The van der Waals surface area contributed by atoms with Crippen molar-refractivity contribution in [3.8, 4) is 17.1 Å². The van der Waals surface area contributed by atoms with Gasteiger partial charge in [0.15, 0.2) is 5.65 Å². The van der Waals surface area contributed by atoms with Crippen LogP contribution in [0.5, 0.6) is 5.88 Å². The number of nitrogens with one attached hydrogen (secondary N) is 3. The van der Waals surface area contributed by atoms with E-state index in [1.165, 1.54) is 4.90 Å². The second kappa shape index (κ2) is 18.7. The predicted octanol–water partition coefficient (Wildman–Crippen LogP) is 5.42. The van der Waals surface area contributed by atoms with Gasteiger partial charge in [-0.2, -0.15) is 9.61 Å². The van der Waals surface area contributed by atoms with Crippen LogP contribution in [0.3, 0.4) is 0 Å². The summed E-state index contributed by atoms with van der Waals surface area (Å²) in [5.74, 6) is -2.18. The Morgan fingerprint density at radius 1 is 0.924 bits per heavy atom. The molecule has 3 aliphatic carbocycles. The molecular formula is C48H58N8O9S. The fourth-order valence-electron chi connectivity index (χ4n) is 9.67. The van der Waals surface area contributed by atoms with Crippen LogP contribution in [0.1, 0.15) is 108 Å². The summed E-state index contributed by atoms with van der Waals surface area (Å²) < 4.78 is 42.4. The molecule has 4 fully saturated rings. The van der Waals surface area contributed by atoms with Crippen LogP contribution in [0, 0.1) is 5.92 Å². The fourth-order valence-corrected chi connectivity index (χ4v) is 11.0. The molecule has 4 aromatic rings. The van der Waals surface area contributed by atoms with Crippen molar-refractivity contribution in [2.75, 3.05) is 19.6 Å². The van der Waals surface area contributed by atoms with Crippen LogP contribution in [0.25, 0.3) is 27.8 Å². The Kier molecular flexibility index (Phi) is 12.8. The summed E-state index contributed by atoms with van der Waals surface area (Å²) in [4.78, 5) is 78.2. The Hall–Kier alpha value is -6.04. The molecule has 5 aliphatic rings. The van der Waals surface area contributed by atoms with E-state index in [9.17, 15) is 32.4 Å². The molecule has 17 nitrogen and oxygen atoms in total. The summed E-state index contributed by atoms with van der Waals surface area (Å²) in [7, 11) is -3.93. The van der Waals surface area contributed by atoms with Gasteiger partial charge >= 0.3 is 6.09 Å². The Morgan fingerprint density at radius 2 is 1.67 bits per heavy atom. The number of nitrogens with zero attached hydrogens (tertiary/aromatic N) is 5. The largest absolute Gasteiger partial charge is 0.472 e. The second-order valence-electron chi connectivity index (χ2n) is 18.3. The summed E-state index contributed by atoms with van der Waals surface area (Å²) in [5.41, 5.74) is 1.44. The van der Waals surface area contributed by atoms with Crippen molar-refractivity contribution in [3.63, 3.8) is 0 Å². The van der Waals surface area contributed by atoms with E-state index in [2.05, 4.69) is 15.4 Å². The van der Waals surface area contributed by atoms with Gasteiger partial charge in [0.05, 0.1) is 23.0 Å². The van der Waals surface area contributed by atoms with Crippen molar-refractivity contribution in [2.24, 2.45) is 5.92 Å². The SMILES string of the molecule is CCN(CC)C(=O)c1ccc(-c2cc(O[C@@H]3C[C@H]4C(=O)N[C@]5(C(=O)NS(=O)(=O)C6CC6)C[C@H]5/C=C\CCCCC[C@@H](NC(=O)OC5CCCC5)C(=O)N4C3)n3nc4ccccc4c3n2)cc1. The van der Waals surface area contributed by atoms with E-state index in [-0.39, 0.29) is 31.4 Å². The minimum Gasteiger partial charge on any atom is -0.472 e.